The molecule has 1 rings (SSSR count). The Hall–Kier alpha value is -0.750. The van der Waals surface area contributed by atoms with Crippen LogP contribution >= 0.6 is 0 Å². The lowest BCUT2D eigenvalue weighted by atomic mass is 9.96. The monoisotopic (exact) mass is 237 g/mol. The Bertz CT molecular complexity index is 246. The summed E-state index contributed by atoms with van der Waals surface area (Å²) >= 11 is 0. The lowest BCUT2D eigenvalue weighted by Crippen LogP contribution is -2.55. The van der Waals surface area contributed by atoms with E-state index in [9.17, 15) is 13.6 Å². The molecule has 0 aromatic heterocycles. The van der Waals surface area contributed by atoms with E-state index in [-0.39, 0.29) is 19.1 Å². The van der Waals surface area contributed by atoms with Crippen molar-refractivity contribution in [3.8, 4) is 0 Å². The molecular weight excluding hydrogens is 220 g/mol. The summed E-state index contributed by atoms with van der Waals surface area (Å²) in [7, 11) is 0. The Labute approximate surface area is 93.1 Å². The molecule has 1 fully saturated rings. The molecule has 1 aliphatic rings. The zero-order chi connectivity index (χ0) is 12.2. The Balaban J connectivity index is 2.48. The van der Waals surface area contributed by atoms with Crippen molar-refractivity contribution < 1.29 is 23.0 Å². The Morgan fingerprint density at radius 1 is 1.56 bits per heavy atom. The van der Waals surface area contributed by atoms with E-state index in [1.165, 1.54) is 0 Å². The molecule has 6 heteroatoms. The summed E-state index contributed by atoms with van der Waals surface area (Å²) in [5.74, 6) is -0.573. The summed E-state index contributed by atoms with van der Waals surface area (Å²) in [5.41, 5.74) is 4.62. The highest BCUT2D eigenvalue weighted by atomic mass is 19.3. The molecule has 2 N–H and O–H groups in total. The number of carbonyl (C=O) groups excluding carboxylic acids is 1. The number of ether oxygens (including phenoxy) is 2. The van der Waals surface area contributed by atoms with Crippen LogP contribution in [0.3, 0.4) is 0 Å². The highest BCUT2D eigenvalue weighted by molar-refractivity contribution is 5.81. The van der Waals surface area contributed by atoms with Crippen LogP contribution in [0.4, 0.5) is 8.78 Å². The van der Waals surface area contributed by atoms with Gasteiger partial charge in [0.2, 0.25) is 0 Å². The molecule has 0 bridgehead atoms. The number of carbonyl (C=O) groups is 1. The molecule has 1 atom stereocenters. The predicted octanol–water partition coefficient (Wildman–Crippen LogP) is 0.939. The van der Waals surface area contributed by atoms with E-state index in [1.54, 1.807) is 6.92 Å². The first kappa shape index (κ1) is 13.3. The lowest BCUT2D eigenvalue weighted by Gasteiger charge is -2.26. The van der Waals surface area contributed by atoms with E-state index < -0.39 is 24.5 Å². The highest BCUT2D eigenvalue weighted by Crippen LogP contribution is 2.39. The van der Waals surface area contributed by atoms with Crippen LogP contribution in [0.2, 0.25) is 0 Å². The van der Waals surface area contributed by atoms with Crippen LogP contribution < -0.4 is 5.73 Å². The van der Waals surface area contributed by atoms with Gasteiger partial charge in [-0.2, -0.15) is 0 Å². The van der Waals surface area contributed by atoms with Crippen LogP contribution in [0.5, 0.6) is 0 Å². The Morgan fingerprint density at radius 3 is 2.62 bits per heavy atom. The van der Waals surface area contributed by atoms with Gasteiger partial charge in [0.1, 0.15) is 12.1 Å². The summed E-state index contributed by atoms with van der Waals surface area (Å²) < 4.78 is 33.4. The van der Waals surface area contributed by atoms with Gasteiger partial charge in [0, 0.05) is 0 Å². The van der Waals surface area contributed by atoms with Gasteiger partial charge in [-0.15, -0.1) is 0 Å². The fraction of sp³-hybridized carbons (Fsp3) is 0.900. The second-order valence-electron chi connectivity index (χ2n) is 3.94. The third-order valence-corrected chi connectivity index (χ3v) is 2.55. The minimum Gasteiger partial charge on any atom is -0.465 e. The Kier molecular flexibility index (Phi) is 4.61. The maximum atomic E-state index is 11.9. The SMILES string of the molecule is CCOC(=O)C(N)(COCC(F)F)C1CC1. The van der Waals surface area contributed by atoms with E-state index >= 15 is 0 Å². The van der Waals surface area contributed by atoms with Gasteiger partial charge < -0.3 is 15.2 Å². The van der Waals surface area contributed by atoms with Gasteiger partial charge in [-0.25, -0.2) is 13.6 Å². The quantitative estimate of drug-likeness (QED) is 0.669. The van der Waals surface area contributed by atoms with Crippen molar-refractivity contribution in [2.24, 2.45) is 11.7 Å². The third kappa shape index (κ3) is 3.38. The molecule has 1 saturated carbocycles. The van der Waals surface area contributed by atoms with Crippen LogP contribution in [0.1, 0.15) is 19.8 Å². The molecule has 0 aliphatic heterocycles. The molecule has 0 amide bonds. The van der Waals surface area contributed by atoms with Gasteiger partial charge in [-0.05, 0) is 25.7 Å². The average molecular weight is 237 g/mol. The smallest absolute Gasteiger partial charge is 0.328 e. The van der Waals surface area contributed by atoms with E-state index in [0.29, 0.717) is 0 Å². The van der Waals surface area contributed by atoms with Crippen LogP contribution in [-0.4, -0.2) is 37.8 Å². The second-order valence-corrected chi connectivity index (χ2v) is 3.94. The summed E-state index contributed by atoms with van der Waals surface area (Å²) in [5, 5.41) is 0. The number of nitrogens with two attached hydrogens (primary N) is 1. The van der Waals surface area contributed by atoms with Gasteiger partial charge in [0.25, 0.3) is 6.43 Å². The van der Waals surface area contributed by atoms with E-state index in [0.717, 1.165) is 12.8 Å². The largest absolute Gasteiger partial charge is 0.465 e. The number of hydrogen-bond donors (Lipinski definition) is 1. The van der Waals surface area contributed by atoms with Gasteiger partial charge in [-0.3, -0.25) is 0 Å². The Morgan fingerprint density at radius 2 is 2.19 bits per heavy atom. The maximum Gasteiger partial charge on any atom is 0.328 e. The first-order valence-electron chi connectivity index (χ1n) is 5.32. The molecule has 4 nitrogen and oxygen atoms in total. The van der Waals surface area contributed by atoms with Crippen LogP contribution in [0.25, 0.3) is 0 Å². The molecule has 0 saturated heterocycles. The summed E-state index contributed by atoms with van der Waals surface area (Å²) in [6.07, 6.45) is -0.925. The number of halogens is 2. The fourth-order valence-electron chi connectivity index (χ4n) is 1.52. The molecule has 1 aliphatic carbocycles. The van der Waals surface area contributed by atoms with Gasteiger partial charge in [-0.1, -0.05) is 0 Å². The molecule has 0 spiro atoms. The van der Waals surface area contributed by atoms with Crippen LogP contribution in [0.15, 0.2) is 0 Å². The molecular formula is C10H17F2NO3. The second kappa shape index (κ2) is 5.54. The first-order chi connectivity index (χ1) is 7.50. The van der Waals surface area contributed by atoms with E-state index in [2.05, 4.69) is 0 Å². The third-order valence-electron chi connectivity index (χ3n) is 2.55. The summed E-state index contributed by atoms with van der Waals surface area (Å²) in [4.78, 5) is 11.6. The van der Waals surface area contributed by atoms with Crippen molar-refractivity contribution in [3.05, 3.63) is 0 Å². The molecule has 94 valence electrons. The molecule has 0 aromatic rings. The zero-order valence-electron chi connectivity index (χ0n) is 9.25. The van der Waals surface area contributed by atoms with Crippen molar-refractivity contribution in [3.63, 3.8) is 0 Å². The minimum absolute atomic E-state index is 0.00998. The molecule has 0 heterocycles. The van der Waals surface area contributed by atoms with Gasteiger partial charge >= 0.3 is 5.97 Å². The van der Waals surface area contributed by atoms with E-state index in [1.807, 2.05) is 0 Å². The highest BCUT2D eigenvalue weighted by Gasteiger charge is 2.49. The maximum absolute atomic E-state index is 11.9. The van der Waals surface area contributed by atoms with Crippen LogP contribution in [-0.2, 0) is 14.3 Å². The number of hydrogen-bond acceptors (Lipinski definition) is 4. The minimum atomic E-state index is -2.55. The van der Waals surface area contributed by atoms with Crippen molar-refractivity contribution in [2.75, 3.05) is 19.8 Å². The standard InChI is InChI=1S/C10H17F2NO3/c1-2-16-9(14)10(13,7-3-4-7)6-15-5-8(11)12/h7-8H,2-6,13H2,1H3. The average Bonchev–Trinajstić information content (AvgIpc) is 3.00. The molecule has 1 unspecified atom stereocenters. The molecule has 16 heavy (non-hydrogen) atoms. The van der Waals surface area contributed by atoms with E-state index in [4.69, 9.17) is 15.2 Å². The lowest BCUT2D eigenvalue weighted by molar-refractivity contribution is -0.154. The van der Waals surface area contributed by atoms with Gasteiger partial charge in [0.15, 0.2) is 0 Å². The zero-order valence-corrected chi connectivity index (χ0v) is 9.25. The summed E-state index contributed by atoms with van der Waals surface area (Å²) in [6.45, 7) is 0.983. The summed E-state index contributed by atoms with van der Waals surface area (Å²) in [6, 6.07) is 0. The van der Waals surface area contributed by atoms with Gasteiger partial charge in [0.05, 0.1) is 13.2 Å². The van der Waals surface area contributed by atoms with Crippen LogP contribution in [0, 0.1) is 5.92 Å². The first-order valence-corrected chi connectivity index (χ1v) is 5.32. The fourth-order valence-corrected chi connectivity index (χ4v) is 1.52. The van der Waals surface area contributed by atoms with Crippen molar-refractivity contribution in [1.29, 1.82) is 0 Å². The van der Waals surface area contributed by atoms with Crippen molar-refractivity contribution >= 4 is 5.97 Å². The van der Waals surface area contributed by atoms with Crippen molar-refractivity contribution in [1.82, 2.24) is 0 Å². The normalized spacial score (nSPS) is 19.6. The number of esters is 1. The number of alkyl halides is 2. The molecule has 0 aromatic carbocycles. The molecule has 0 radical (unpaired) electrons. The van der Waals surface area contributed by atoms with Crippen molar-refractivity contribution in [2.45, 2.75) is 31.7 Å². The predicted molar refractivity (Wildman–Crippen MR) is 53.1 cm³/mol. The number of rotatable bonds is 7. The topological polar surface area (TPSA) is 61.5 Å².